The molecule has 2 heteroatoms. The standard InChI is InChI=1S/C20H28O2/c1-3-4-5-6-7-10-16-13-18(21)20(19(22)14-16)17-11-8-9-15(2)12-17/h7,10,12-14,17,21-22H,3-6,8-9,11H2,1-2H3/b10-7-. The summed E-state index contributed by atoms with van der Waals surface area (Å²) in [5, 5.41) is 20.7. The molecule has 0 saturated heterocycles. The van der Waals surface area contributed by atoms with Crippen molar-refractivity contribution < 1.29 is 10.2 Å². The van der Waals surface area contributed by atoms with E-state index in [9.17, 15) is 10.2 Å². The van der Waals surface area contributed by atoms with Crippen molar-refractivity contribution >= 4 is 6.08 Å². The Bertz CT molecular complexity index is 532. The van der Waals surface area contributed by atoms with E-state index in [2.05, 4.69) is 26.0 Å². The van der Waals surface area contributed by atoms with E-state index in [1.165, 1.54) is 24.8 Å². The highest BCUT2D eigenvalue weighted by atomic mass is 16.3. The van der Waals surface area contributed by atoms with E-state index in [4.69, 9.17) is 0 Å². The lowest BCUT2D eigenvalue weighted by atomic mass is 9.85. The highest BCUT2D eigenvalue weighted by Crippen LogP contribution is 2.41. The van der Waals surface area contributed by atoms with Crippen LogP contribution in [0.2, 0.25) is 0 Å². The number of rotatable bonds is 6. The summed E-state index contributed by atoms with van der Waals surface area (Å²) in [7, 11) is 0. The lowest BCUT2D eigenvalue weighted by Gasteiger charge is -2.21. The molecule has 0 amide bonds. The first-order chi connectivity index (χ1) is 10.6. The van der Waals surface area contributed by atoms with Gasteiger partial charge in [-0.15, -0.1) is 0 Å². The first kappa shape index (κ1) is 16.7. The number of benzene rings is 1. The Labute approximate surface area is 134 Å². The van der Waals surface area contributed by atoms with Gasteiger partial charge in [0.05, 0.1) is 0 Å². The van der Waals surface area contributed by atoms with Crippen LogP contribution in [0.3, 0.4) is 0 Å². The predicted molar refractivity (Wildman–Crippen MR) is 93.3 cm³/mol. The lowest BCUT2D eigenvalue weighted by Crippen LogP contribution is -2.03. The number of hydrogen-bond donors (Lipinski definition) is 2. The zero-order chi connectivity index (χ0) is 15.9. The molecular weight excluding hydrogens is 272 g/mol. The van der Waals surface area contributed by atoms with Gasteiger partial charge in [-0.25, -0.2) is 0 Å². The fourth-order valence-corrected chi connectivity index (χ4v) is 3.19. The van der Waals surface area contributed by atoms with Crippen LogP contribution in [-0.2, 0) is 0 Å². The third kappa shape index (κ3) is 4.40. The van der Waals surface area contributed by atoms with Crippen molar-refractivity contribution in [3.63, 3.8) is 0 Å². The summed E-state index contributed by atoms with van der Waals surface area (Å²) in [4.78, 5) is 0. The number of hydrogen-bond acceptors (Lipinski definition) is 2. The lowest BCUT2D eigenvalue weighted by molar-refractivity contribution is 0.428. The van der Waals surface area contributed by atoms with E-state index >= 15 is 0 Å². The average Bonchev–Trinajstić information content (AvgIpc) is 2.46. The van der Waals surface area contributed by atoms with Gasteiger partial charge in [-0.05, 0) is 56.7 Å². The molecule has 1 aromatic rings. The SMILES string of the molecule is CCCCC/C=C\c1cc(O)c(C2C=C(C)CCC2)c(O)c1. The van der Waals surface area contributed by atoms with Crippen molar-refractivity contribution in [1.82, 2.24) is 0 Å². The van der Waals surface area contributed by atoms with Gasteiger partial charge in [-0.3, -0.25) is 0 Å². The highest BCUT2D eigenvalue weighted by Gasteiger charge is 2.20. The molecule has 22 heavy (non-hydrogen) atoms. The van der Waals surface area contributed by atoms with Gasteiger partial charge in [-0.1, -0.05) is 43.6 Å². The Kier molecular flexibility index (Phi) is 6.11. The highest BCUT2D eigenvalue weighted by molar-refractivity contribution is 5.59. The third-order valence-corrected chi connectivity index (χ3v) is 4.39. The second-order valence-electron chi connectivity index (χ2n) is 6.38. The van der Waals surface area contributed by atoms with Crippen LogP contribution in [0.4, 0.5) is 0 Å². The maximum absolute atomic E-state index is 10.3. The van der Waals surface area contributed by atoms with E-state index in [0.717, 1.165) is 31.2 Å². The Morgan fingerprint density at radius 2 is 1.91 bits per heavy atom. The van der Waals surface area contributed by atoms with Crippen molar-refractivity contribution in [2.45, 2.75) is 64.7 Å². The molecule has 0 radical (unpaired) electrons. The minimum absolute atomic E-state index is 0.135. The number of phenols is 2. The number of phenolic OH excluding ortho intramolecular Hbond substituents is 2. The van der Waals surface area contributed by atoms with Gasteiger partial charge in [0.25, 0.3) is 0 Å². The molecule has 2 N–H and O–H groups in total. The molecule has 0 aromatic heterocycles. The van der Waals surface area contributed by atoms with Crippen LogP contribution in [0.1, 0.15) is 75.8 Å². The molecular formula is C20H28O2. The van der Waals surface area contributed by atoms with Gasteiger partial charge in [-0.2, -0.15) is 0 Å². The number of allylic oxidation sites excluding steroid dienone is 3. The molecule has 0 heterocycles. The van der Waals surface area contributed by atoms with Crippen molar-refractivity contribution in [1.29, 1.82) is 0 Å². The van der Waals surface area contributed by atoms with Crippen LogP contribution in [0.25, 0.3) is 6.08 Å². The van der Waals surface area contributed by atoms with Gasteiger partial charge in [0.1, 0.15) is 11.5 Å². The van der Waals surface area contributed by atoms with Gasteiger partial charge in [0.2, 0.25) is 0 Å². The third-order valence-electron chi connectivity index (χ3n) is 4.39. The number of unbranched alkanes of at least 4 members (excludes halogenated alkanes) is 3. The molecule has 1 aliphatic rings. The predicted octanol–water partition coefficient (Wildman–Crippen LogP) is 5.91. The molecule has 0 aliphatic heterocycles. The second-order valence-corrected chi connectivity index (χ2v) is 6.38. The van der Waals surface area contributed by atoms with Gasteiger partial charge in [0, 0.05) is 11.5 Å². The molecule has 0 saturated carbocycles. The molecule has 0 spiro atoms. The maximum atomic E-state index is 10.3. The molecule has 0 bridgehead atoms. The average molecular weight is 300 g/mol. The van der Waals surface area contributed by atoms with E-state index in [-0.39, 0.29) is 17.4 Å². The molecule has 0 fully saturated rings. The summed E-state index contributed by atoms with van der Waals surface area (Å²) < 4.78 is 0. The molecule has 1 aromatic carbocycles. The first-order valence-electron chi connectivity index (χ1n) is 8.51. The molecule has 1 atom stereocenters. The van der Waals surface area contributed by atoms with E-state index in [1.54, 1.807) is 12.1 Å². The second kappa shape index (κ2) is 8.07. The quantitative estimate of drug-likeness (QED) is 0.507. The Morgan fingerprint density at radius 3 is 2.55 bits per heavy atom. The van der Waals surface area contributed by atoms with Crippen LogP contribution in [0, 0.1) is 0 Å². The van der Waals surface area contributed by atoms with Gasteiger partial charge in [0.15, 0.2) is 0 Å². The van der Waals surface area contributed by atoms with E-state index in [1.807, 2.05) is 6.08 Å². The van der Waals surface area contributed by atoms with Crippen LogP contribution >= 0.6 is 0 Å². The summed E-state index contributed by atoms with van der Waals surface area (Å²) in [6.07, 6.45) is 14.2. The minimum atomic E-state index is 0.135. The van der Waals surface area contributed by atoms with E-state index < -0.39 is 0 Å². The Hall–Kier alpha value is -1.70. The topological polar surface area (TPSA) is 40.5 Å². The molecule has 2 nitrogen and oxygen atoms in total. The van der Waals surface area contributed by atoms with Crippen molar-refractivity contribution in [3.05, 3.63) is 41.0 Å². The fourth-order valence-electron chi connectivity index (χ4n) is 3.19. The summed E-state index contributed by atoms with van der Waals surface area (Å²) in [6.45, 7) is 4.31. The summed E-state index contributed by atoms with van der Waals surface area (Å²) in [5.74, 6) is 0.560. The van der Waals surface area contributed by atoms with Gasteiger partial charge < -0.3 is 10.2 Å². The number of aromatic hydroxyl groups is 2. The van der Waals surface area contributed by atoms with Crippen LogP contribution in [0.5, 0.6) is 11.5 Å². The maximum Gasteiger partial charge on any atom is 0.123 e. The molecule has 120 valence electrons. The molecule has 2 rings (SSSR count). The summed E-state index contributed by atoms with van der Waals surface area (Å²) in [6, 6.07) is 3.53. The van der Waals surface area contributed by atoms with Crippen LogP contribution in [0.15, 0.2) is 29.9 Å². The minimum Gasteiger partial charge on any atom is -0.507 e. The van der Waals surface area contributed by atoms with Crippen LogP contribution < -0.4 is 0 Å². The van der Waals surface area contributed by atoms with Crippen molar-refractivity contribution in [2.24, 2.45) is 0 Å². The largest absolute Gasteiger partial charge is 0.507 e. The smallest absolute Gasteiger partial charge is 0.123 e. The normalized spacial score (nSPS) is 18.6. The summed E-state index contributed by atoms with van der Waals surface area (Å²) >= 11 is 0. The molecule has 1 aliphatic carbocycles. The monoisotopic (exact) mass is 300 g/mol. The van der Waals surface area contributed by atoms with Crippen molar-refractivity contribution in [3.8, 4) is 11.5 Å². The van der Waals surface area contributed by atoms with Crippen LogP contribution in [-0.4, -0.2) is 10.2 Å². The zero-order valence-corrected chi connectivity index (χ0v) is 13.8. The Morgan fingerprint density at radius 1 is 1.18 bits per heavy atom. The summed E-state index contributed by atoms with van der Waals surface area (Å²) in [5.41, 5.74) is 2.89. The molecule has 1 unspecified atom stereocenters. The van der Waals surface area contributed by atoms with Crippen molar-refractivity contribution in [2.75, 3.05) is 0 Å². The van der Waals surface area contributed by atoms with E-state index in [0.29, 0.717) is 5.56 Å². The van der Waals surface area contributed by atoms with Gasteiger partial charge >= 0.3 is 0 Å². The Balaban J connectivity index is 2.13. The fraction of sp³-hybridized carbons (Fsp3) is 0.500. The zero-order valence-electron chi connectivity index (χ0n) is 13.8. The first-order valence-corrected chi connectivity index (χ1v) is 8.51.